The first-order valence-electron chi connectivity index (χ1n) is 7.43. The molecule has 124 valence electrons. The fraction of sp³-hybridized carbons (Fsp3) is 0.235. The highest BCUT2D eigenvalue weighted by atomic mass is 32.1. The number of ether oxygens (including phenoxy) is 1. The van der Waals surface area contributed by atoms with Gasteiger partial charge in [0.1, 0.15) is 0 Å². The summed E-state index contributed by atoms with van der Waals surface area (Å²) in [5.41, 5.74) is 2.81. The molecule has 0 aliphatic rings. The average Bonchev–Trinajstić information content (AvgIpc) is 3.21. The molecule has 0 bridgehead atoms. The highest BCUT2D eigenvalue weighted by molar-refractivity contribution is 7.08. The highest BCUT2D eigenvalue weighted by Crippen LogP contribution is 2.40. The fourth-order valence-corrected chi connectivity index (χ4v) is 3.39. The summed E-state index contributed by atoms with van der Waals surface area (Å²) < 4.78 is 6.24. The lowest BCUT2D eigenvalue weighted by Crippen LogP contribution is -2.04. The quantitative estimate of drug-likeness (QED) is 0.530. The maximum absolute atomic E-state index is 11.3. The molecular formula is C17H16N2O4S. The number of methoxy groups -OCH3 is 1. The van der Waals surface area contributed by atoms with Gasteiger partial charge in [-0.1, -0.05) is 6.07 Å². The Bertz CT molecular complexity index is 884. The van der Waals surface area contributed by atoms with E-state index in [-0.39, 0.29) is 24.0 Å². The number of aromatic nitrogens is 1. The number of aryl methyl sites for hydroxylation is 1. The second-order valence-corrected chi connectivity index (χ2v) is 6.12. The number of carbonyl (C=O) groups excluding carboxylic acids is 1. The largest absolute Gasteiger partial charge is 0.493 e. The van der Waals surface area contributed by atoms with Crippen LogP contribution in [0.4, 0.5) is 5.69 Å². The number of rotatable bonds is 6. The van der Waals surface area contributed by atoms with Gasteiger partial charge >= 0.3 is 5.97 Å². The number of thiophene rings is 1. The fourth-order valence-electron chi connectivity index (χ4n) is 2.73. The van der Waals surface area contributed by atoms with E-state index in [1.807, 2.05) is 29.0 Å². The van der Waals surface area contributed by atoms with E-state index in [1.54, 1.807) is 22.0 Å². The van der Waals surface area contributed by atoms with Crippen molar-refractivity contribution in [2.45, 2.75) is 19.4 Å². The summed E-state index contributed by atoms with van der Waals surface area (Å²) in [7, 11) is 1.34. The summed E-state index contributed by atoms with van der Waals surface area (Å²) in [6.07, 6.45) is 0.731. The van der Waals surface area contributed by atoms with Crippen molar-refractivity contribution in [1.29, 1.82) is 0 Å². The maximum atomic E-state index is 11.3. The summed E-state index contributed by atoms with van der Waals surface area (Å²) in [4.78, 5) is 22.4. The molecule has 1 N–H and O–H groups in total. The second-order valence-electron chi connectivity index (χ2n) is 5.34. The van der Waals surface area contributed by atoms with Crippen LogP contribution in [0.2, 0.25) is 0 Å². The molecule has 3 aromatic rings. The van der Waals surface area contributed by atoms with E-state index < -0.39 is 0 Å². The van der Waals surface area contributed by atoms with Crippen molar-refractivity contribution in [2.24, 2.45) is 5.18 Å². The van der Waals surface area contributed by atoms with Crippen LogP contribution in [0.1, 0.15) is 12.8 Å². The molecular weight excluding hydrogens is 328 g/mol. The Kier molecular flexibility index (Phi) is 4.61. The van der Waals surface area contributed by atoms with Crippen LogP contribution >= 0.6 is 11.3 Å². The predicted molar refractivity (Wildman–Crippen MR) is 93.6 cm³/mol. The monoisotopic (exact) mass is 344 g/mol. The van der Waals surface area contributed by atoms with Gasteiger partial charge < -0.3 is 14.4 Å². The minimum atomic E-state index is -0.307. The predicted octanol–water partition coefficient (Wildman–Crippen LogP) is 4.43. The van der Waals surface area contributed by atoms with Crippen LogP contribution in [0.15, 0.2) is 40.2 Å². The number of nitroso groups, excluding NO2 is 1. The van der Waals surface area contributed by atoms with Crippen molar-refractivity contribution in [3.05, 3.63) is 39.9 Å². The molecule has 7 heteroatoms. The van der Waals surface area contributed by atoms with Gasteiger partial charge in [0.05, 0.1) is 12.6 Å². The zero-order valence-electron chi connectivity index (χ0n) is 13.1. The molecule has 6 nitrogen and oxygen atoms in total. The Balaban J connectivity index is 2.02. The Morgan fingerprint density at radius 2 is 2.17 bits per heavy atom. The maximum Gasteiger partial charge on any atom is 0.305 e. The molecule has 0 radical (unpaired) electrons. The smallest absolute Gasteiger partial charge is 0.305 e. The van der Waals surface area contributed by atoms with Gasteiger partial charge in [0, 0.05) is 18.4 Å². The Morgan fingerprint density at radius 1 is 1.33 bits per heavy atom. The molecule has 0 aliphatic carbocycles. The number of fused-ring (bicyclic) bond motifs is 1. The third-order valence-electron chi connectivity index (χ3n) is 3.95. The van der Waals surface area contributed by atoms with Crippen molar-refractivity contribution >= 4 is 33.9 Å². The zero-order valence-corrected chi connectivity index (χ0v) is 13.9. The summed E-state index contributed by atoms with van der Waals surface area (Å²) >= 11 is 1.60. The zero-order chi connectivity index (χ0) is 17.1. The lowest BCUT2D eigenvalue weighted by Gasteiger charge is -2.07. The molecule has 1 aromatic carbocycles. The van der Waals surface area contributed by atoms with Crippen molar-refractivity contribution in [2.75, 3.05) is 7.11 Å². The number of hydrogen-bond donors (Lipinski definition) is 1. The number of carbonyl (C=O) groups is 1. The third kappa shape index (κ3) is 2.90. The van der Waals surface area contributed by atoms with E-state index in [4.69, 9.17) is 0 Å². The van der Waals surface area contributed by atoms with Crippen LogP contribution in [0.5, 0.6) is 5.88 Å². The van der Waals surface area contributed by atoms with Crippen LogP contribution in [0.25, 0.3) is 22.0 Å². The Labute approximate surface area is 142 Å². The van der Waals surface area contributed by atoms with Gasteiger partial charge in [0.25, 0.3) is 0 Å². The van der Waals surface area contributed by atoms with Gasteiger partial charge in [-0.3, -0.25) is 4.79 Å². The van der Waals surface area contributed by atoms with Crippen LogP contribution in [-0.2, 0) is 16.1 Å². The Morgan fingerprint density at radius 3 is 2.83 bits per heavy atom. The minimum absolute atomic E-state index is 0.0277. The third-order valence-corrected chi connectivity index (χ3v) is 4.63. The van der Waals surface area contributed by atoms with E-state index in [0.29, 0.717) is 18.4 Å². The van der Waals surface area contributed by atoms with Crippen LogP contribution in [-0.4, -0.2) is 22.8 Å². The molecule has 2 aromatic heterocycles. The molecule has 0 spiro atoms. The van der Waals surface area contributed by atoms with Gasteiger partial charge in [-0.25, -0.2) is 0 Å². The standard InChI is InChI=1S/C17H16N2O4S/c1-23-15(20)3-2-7-19-14-9-11(12-6-8-24-10-12)4-5-13(14)16(18-22)17(19)21/h4-6,8-10,21H,2-3,7H2,1H3. The molecule has 0 fully saturated rings. The number of hydrogen-bond acceptors (Lipinski definition) is 6. The first kappa shape index (κ1) is 16.2. The van der Waals surface area contributed by atoms with Crippen LogP contribution in [0.3, 0.4) is 0 Å². The summed E-state index contributed by atoms with van der Waals surface area (Å²) in [5, 5.41) is 17.9. The molecule has 3 rings (SSSR count). The van der Waals surface area contributed by atoms with E-state index in [2.05, 4.69) is 9.91 Å². The van der Waals surface area contributed by atoms with Crippen molar-refractivity contribution in [3.63, 3.8) is 0 Å². The molecule has 0 aliphatic heterocycles. The van der Waals surface area contributed by atoms with Crippen molar-refractivity contribution in [3.8, 4) is 17.0 Å². The molecule has 0 saturated heterocycles. The molecule has 0 amide bonds. The van der Waals surface area contributed by atoms with Gasteiger partial charge in [-0.15, -0.1) is 4.91 Å². The van der Waals surface area contributed by atoms with E-state index in [0.717, 1.165) is 16.6 Å². The lowest BCUT2D eigenvalue weighted by atomic mass is 10.1. The molecule has 0 atom stereocenters. The molecule has 24 heavy (non-hydrogen) atoms. The van der Waals surface area contributed by atoms with E-state index in [9.17, 15) is 14.8 Å². The van der Waals surface area contributed by atoms with Crippen LogP contribution in [0, 0.1) is 4.91 Å². The van der Waals surface area contributed by atoms with Gasteiger partial charge in [0.2, 0.25) is 5.88 Å². The minimum Gasteiger partial charge on any atom is -0.493 e. The lowest BCUT2D eigenvalue weighted by molar-refractivity contribution is -0.140. The SMILES string of the molecule is COC(=O)CCCn1c(O)c(N=O)c2ccc(-c3ccsc3)cc21. The number of benzene rings is 1. The Hall–Kier alpha value is -2.67. The first-order valence-corrected chi connectivity index (χ1v) is 8.38. The number of nitrogens with zero attached hydrogens (tertiary/aromatic N) is 2. The topological polar surface area (TPSA) is 80.9 Å². The summed E-state index contributed by atoms with van der Waals surface area (Å²) in [6.45, 7) is 0.389. The second kappa shape index (κ2) is 6.84. The van der Waals surface area contributed by atoms with Gasteiger partial charge in [0.15, 0.2) is 5.69 Å². The summed E-state index contributed by atoms with van der Waals surface area (Å²) in [5.74, 6) is -0.481. The van der Waals surface area contributed by atoms with E-state index in [1.165, 1.54) is 7.11 Å². The van der Waals surface area contributed by atoms with Crippen LogP contribution < -0.4 is 0 Å². The molecule has 0 unspecified atom stereocenters. The average molecular weight is 344 g/mol. The van der Waals surface area contributed by atoms with Gasteiger partial charge in [-0.05, 0) is 51.7 Å². The number of aromatic hydroxyl groups is 1. The molecule has 2 heterocycles. The highest BCUT2D eigenvalue weighted by Gasteiger charge is 2.18. The number of esters is 1. The molecule has 0 saturated carbocycles. The van der Waals surface area contributed by atoms with Crippen molar-refractivity contribution < 1.29 is 14.6 Å². The normalized spacial score (nSPS) is 10.9. The van der Waals surface area contributed by atoms with Crippen molar-refractivity contribution in [1.82, 2.24) is 4.57 Å². The first-order chi connectivity index (χ1) is 11.7. The van der Waals surface area contributed by atoms with E-state index >= 15 is 0 Å². The summed E-state index contributed by atoms with van der Waals surface area (Å²) in [6, 6.07) is 7.62. The van der Waals surface area contributed by atoms with Gasteiger partial charge in [-0.2, -0.15) is 11.3 Å².